The van der Waals surface area contributed by atoms with Crippen molar-refractivity contribution < 1.29 is 5.11 Å². The Morgan fingerprint density at radius 1 is 1.41 bits per heavy atom. The molecule has 1 aliphatic heterocycles. The zero-order chi connectivity index (χ0) is 12.5. The molecular formula is C13H23N3O. The number of aryl methyl sites for hydroxylation is 1. The SMILES string of the molecule is CC(C)N1CCC(O)(Cc2cnn(C)c2)CC1. The van der Waals surface area contributed by atoms with E-state index in [1.54, 1.807) is 4.68 Å². The third-order valence-corrected chi connectivity index (χ3v) is 3.75. The van der Waals surface area contributed by atoms with E-state index in [4.69, 9.17) is 0 Å². The molecule has 1 aromatic rings. The highest BCUT2D eigenvalue weighted by Crippen LogP contribution is 2.27. The van der Waals surface area contributed by atoms with E-state index >= 15 is 0 Å². The Morgan fingerprint density at radius 2 is 2.06 bits per heavy atom. The minimum Gasteiger partial charge on any atom is -0.389 e. The van der Waals surface area contributed by atoms with E-state index in [0.29, 0.717) is 6.04 Å². The molecule has 0 bridgehead atoms. The van der Waals surface area contributed by atoms with Gasteiger partial charge in [-0.25, -0.2) is 0 Å². The van der Waals surface area contributed by atoms with Crippen LogP contribution in [0.25, 0.3) is 0 Å². The number of piperidine rings is 1. The first-order valence-electron chi connectivity index (χ1n) is 6.42. The normalized spacial score (nSPS) is 21.0. The molecule has 0 unspecified atom stereocenters. The predicted octanol–water partition coefficient (Wildman–Crippen LogP) is 1.20. The van der Waals surface area contributed by atoms with Crippen LogP contribution >= 0.6 is 0 Å². The summed E-state index contributed by atoms with van der Waals surface area (Å²) in [5.74, 6) is 0. The van der Waals surface area contributed by atoms with Gasteiger partial charge in [0.25, 0.3) is 0 Å². The fraction of sp³-hybridized carbons (Fsp3) is 0.769. The zero-order valence-corrected chi connectivity index (χ0v) is 11.1. The van der Waals surface area contributed by atoms with E-state index in [9.17, 15) is 5.11 Å². The second-order valence-electron chi connectivity index (χ2n) is 5.55. The van der Waals surface area contributed by atoms with Gasteiger partial charge in [0.15, 0.2) is 0 Å². The van der Waals surface area contributed by atoms with Crippen LogP contribution in [0.1, 0.15) is 32.3 Å². The molecule has 2 rings (SSSR count). The van der Waals surface area contributed by atoms with Crippen LogP contribution in [0.2, 0.25) is 0 Å². The standard InChI is InChI=1S/C13H23N3O/c1-11(2)16-6-4-13(17,5-7-16)8-12-9-14-15(3)10-12/h9-11,17H,4-8H2,1-3H3. The van der Waals surface area contributed by atoms with Crippen LogP contribution in [0.5, 0.6) is 0 Å². The monoisotopic (exact) mass is 237 g/mol. The van der Waals surface area contributed by atoms with Crippen molar-refractivity contribution in [3.05, 3.63) is 18.0 Å². The first kappa shape index (κ1) is 12.6. The highest BCUT2D eigenvalue weighted by atomic mass is 16.3. The first-order chi connectivity index (χ1) is 7.98. The Balaban J connectivity index is 1.93. The van der Waals surface area contributed by atoms with Gasteiger partial charge >= 0.3 is 0 Å². The maximum absolute atomic E-state index is 10.6. The van der Waals surface area contributed by atoms with Gasteiger partial charge in [-0.1, -0.05) is 0 Å². The Morgan fingerprint density at radius 3 is 2.53 bits per heavy atom. The summed E-state index contributed by atoms with van der Waals surface area (Å²) >= 11 is 0. The van der Waals surface area contributed by atoms with Crippen molar-refractivity contribution in [1.82, 2.24) is 14.7 Å². The van der Waals surface area contributed by atoms with Gasteiger partial charge < -0.3 is 10.0 Å². The molecule has 1 fully saturated rings. The minimum absolute atomic E-state index is 0.533. The van der Waals surface area contributed by atoms with Gasteiger partial charge in [0.2, 0.25) is 0 Å². The molecule has 4 heteroatoms. The summed E-state index contributed by atoms with van der Waals surface area (Å²) in [6, 6.07) is 0.581. The van der Waals surface area contributed by atoms with E-state index in [0.717, 1.165) is 37.9 Å². The van der Waals surface area contributed by atoms with Crippen LogP contribution < -0.4 is 0 Å². The molecule has 4 nitrogen and oxygen atoms in total. The van der Waals surface area contributed by atoms with Crippen molar-refractivity contribution >= 4 is 0 Å². The number of aromatic nitrogens is 2. The van der Waals surface area contributed by atoms with E-state index < -0.39 is 5.60 Å². The number of hydrogen-bond donors (Lipinski definition) is 1. The van der Waals surface area contributed by atoms with Crippen molar-refractivity contribution in [2.45, 2.75) is 44.8 Å². The molecule has 0 amide bonds. The molecular weight excluding hydrogens is 214 g/mol. The van der Waals surface area contributed by atoms with E-state index in [-0.39, 0.29) is 0 Å². The molecule has 0 radical (unpaired) electrons. The molecule has 0 saturated carbocycles. The molecule has 1 aliphatic rings. The highest BCUT2D eigenvalue weighted by Gasteiger charge is 2.33. The van der Waals surface area contributed by atoms with Crippen LogP contribution in [0.15, 0.2) is 12.4 Å². The van der Waals surface area contributed by atoms with Gasteiger partial charge in [0.05, 0.1) is 11.8 Å². The van der Waals surface area contributed by atoms with Crippen LogP contribution in [0.4, 0.5) is 0 Å². The Bertz CT molecular complexity index is 364. The summed E-state index contributed by atoms with van der Waals surface area (Å²) in [5.41, 5.74) is 0.599. The number of hydrogen-bond acceptors (Lipinski definition) is 3. The van der Waals surface area contributed by atoms with Gasteiger partial charge in [-0.2, -0.15) is 5.10 Å². The van der Waals surface area contributed by atoms with E-state index in [1.165, 1.54) is 0 Å². The number of nitrogens with zero attached hydrogens (tertiary/aromatic N) is 3. The number of rotatable bonds is 3. The minimum atomic E-state index is -0.533. The molecule has 1 N–H and O–H groups in total. The summed E-state index contributed by atoms with van der Waals surface area (Å²) in [6.07, 6.45) is 6.30. The maximum atomic E-state index is 10.6. The molecule has 96 valence electrons. The second kappa shape index (κ2) is 4.78. The third-order valence-electron chi connectivity index (χ3n) is 3.75. The van der Waals surface area contributed by atoms with Crippen LogP contribution in [0, 0.1) is 0 Å². The highest BCUT2D eigenvalue weighted by molar-refractivity contribution is 5.09. The molecule has 2 heterocycles. The molecule has 1 saturated heterocycles. The van der Waals surface area contributed by atoms with Gasteiger partial charge in [-0.15, -0.1) is 0 Å². The topological polar surface area (TPSA) is 41.3 Å². The summed E-state index contributed by atoms with van der Waals surface area (Å²) in [5, 5.41) is 14.7. The lowest BCUT2D eigenvalue weighted by Crippen LogP contribution is -2.47. The van der Waals surface area contributed by atoms with Crippen LogP contribution in [-0.2, 0) is 13.5 Å². The maximum Gasteiger partial charge on any atom is 0.0713 e. The van der Waals surface area contributed by atoms with Crippen molar-refractivity contribution in [2.75, 3.05) is 13.1 Å². The number of aliphatic hydroxyl groups is 1. The van der Waals surface area contributed by atoms with E-state index in [1.807, 2.05) is 19.4 Å². The fourth-order valence-electron chi connectivity index (χ4n) is 2.58. The largest absolute Gasteiger partial charge is 0.389 e. The molecule has 0 spiro atoms. The lowest BCUT2D eigenvalue weighted by Gasteiger charge is -2.39. The average molecular weight is 237 g/mol. The molecule has 0 aromatic carbocycles. The van der Waals surface area contributed by atoms with Crippen molar-refractivity contribution in [1.29, 1.82) is 0 Å². The van der Waals surface area contributed by atoms with Crippen molar-refractivity contribution in [2.24, 2.45) is 7.05 Å². The Hall–Kier alpha value is -0.870. The predicted molar refractivity (Wildman–Crippen MR) is 67.8 cm³/mol. The first-order valence-corrected chi connectivity index (χ1v) is 6.42. The summed E-state index contributed by atoms with van der Waals surface area (Å²) in [6.45, 7) is 6.42. The second-order valence-corrected chi connectivity index (χ2v) is 5.55. The van der Waals surface area contributed by atoms with Gasteiger partial charge in [0, 0.05) is 38.8 Å². The van der Waals surface area contributed by atoms with Crippen molar-refractivity contribution in [3.63, 3.8) is 0 Å². The lowest BCUT2D eigenvalue weighted by molar-refractivity contribution is -0.0271. The van der Waals surface area contributed by atoms with Crippen LogP contribution in [0.3, 0.4) is 0 Å². The van der Waals surface area contributed by atoms with E-state index in [2.05, 4.69) is 23.8 Å². The Kier molecular flexibility index (Phi) is 3.54. The van der Waals surface area contributed by atoms with Gasteiger partial charge in [0.1, 0.15) is 0 Å². The molecule has 1 aromatic heterocycles. The zero-order valence-electron chi connectivity index (χ0n) is 11.1. The summed E-state index contributed by atoms with van der Waals surface area (Å²) in [4.78, 5) is 2.43. The van der Waals surface area contributed by atoms with Crippen molar-refractivity contribution in [3.8, 4) is 0 Å². The summed E-state index contributed by atoms with van der Waals surface area (Å²) in [7, 11) is 1.91. The lowest BCUT2D eigenvalue weighted by atomic mass is 9.86. The molecule has 0 atom stereocenters. The average Bonchev–Trinajstić information content (AvgIpc) is 2.63. The van der Waals surface area contributed by atoms with Gasteiger partial charge in [-0.05, 0) is 32.3 Å². The smallest absolute Gasteiger partial charge is 0.0713 e. The fourth-order valence-corrected chi connectivity index (χ4v) is 2.58. The van der Waals surface area contributed by atoms with Gasteiger partial charge in [-0.3, -0.25) is 4.68 Å². The third kappa shape index (κ3) is 3.07. The number of likely N-dealkylation sites (tertiary alicyclic amines) is 1. The van der Waals surface area contributed by atoms with Crippen LogP contribution in [-0.4, -0.2) is 44.5 Å². The quantitative estimate of drug-likeness (QED) is 0.859. The Labute approximate surface area is 103 Å². The molecule has 0 aliphatic carbocycles. The molecule has 17 heavy (non-hydrogen) atoms. The summed E-state index contributed by atoms with van der Waals surface area (Å²) < 4.78 is 1.79.